The number of nitrogens with zero attached hydrogens (tertiary/aromatic N) is 2. The summed E-state index contributed by atoms with van der Waals surface area (Å²) in [6, 6.07) is 31.5. The molecule has 0 unspecified atom stereocenters. The lowest BCUT2D eigenvalue weighted by Gasteiger charge is -2.26. The maximum Gasteiger partial charge on any atom is 0.206 e. The highest BCUT2D eigenvalue weighted by molar-refractivity contribution is 6.50. The van der Waals surface area contributed by atoms with Gasteiger partial charge in [0, 0.05) is 0 Å². The lowest BCUT2D eigenvalue weighted by Crippen LogP contribution is -2.38. The molecule has 222 valence electrons. The minimum absolute atomic E-state index is 0.154. The minimum Gasteiger partial charge on any atom is -0.374 e. The number of halogens is 4. The lowest BCUT2D eigenvalue weighted by atomic mass is 10.1. The van der Waals surface area contributed by atoms with Gasteiger partial charge in [0.05, 0.1) is 47.0 Å². The molecule has 1 aliphatic rings. The first-order valence-corrected chi connectivity index (χ1v) is 15.3. The second kappa shape index (κ2) is 14.0. The number of hydrogen-bond acceptors (Lipinski definition) is 5. The molecule has 4 aromatic carbocycles. The summed E-state index contributed by atoms with van der Waals surface area (Å²) in [7, 11) is 0. The molecule has 1 aliphatic heterocycles. The zero-order valence-electron chi connectivity index (χ0n) is 22.9. The highest BCUT2D eigenvalue weighted by Gasteiger charge is 2.48. The fourth-order valence-corrected chi connectivity index (χ4v) is 6.08. The van der Waals surface area contributed by atoms with Crippen LogP contribution in [0.3, 0.4) is 0 Å². The van der Waals surface area contributed by atoms with Crippen LogP contribution in [-0.2, 0) is 38.8 Å². The van der Waals surface area contributed by atoms with Crippen molar-refractivity contribution in [3.05, 3.63) is 134 Å². The summed E-state index contributed by atoms with van der Waals surface area (Å²) < 4.78 is 27.8. The van der Waals surface area contributed by atoms with E-state index in [1.807, 2.05) is 91.0 Å². The molecule has 0 radical (unpaired) electrons. The molecule has 1 fully saturated rings. The summed E-state index contributed by atoms with van der Waals surface area (Å²) in [5.74, 6) is 0. The van der Waals surface area contributed by atoms with Crippen molar-refractivity contribution in [3.8, 4) is 0 Å². The molecule has 1 aromatic heterocycles. The maximum atomic E-state index is 6.76. The van der Waals surface area contributed by atoms with Crippen molar-refractivity contribution < 1.29 is 18.9 Å². The molecule has 0 N–H and O–H groups in total. The van der Waals surface area contributed by atoms with Crippen LogP contribution in [0.25, 0.3) is 11.0 Å². The van der Waals surface area contributed by atoms with Crippen LogP contribution in [0.2, 0.25) is 20.4 Å². The van der Waals surface area contributed by atoms with Gasteiger partial charge in [0.1, 0.15) is 23.8 Å². The highest BCUT2D eigenvalue weighted by atomic mass is 35.5. The number of benzene rings is 4. The van der Waals surface area contributed by atoms with Crippen LogP contribution in [0.1, 0.15) is 22.9 Å². The largest absolute Gasteiger partial charge is 0.374 e. The molecule has 43 heavy (non-hydrogen) atoms. The maximum absolute atomic E-state index is 6.76. The Balaban J connectivity index is 1.35. The van der Waals surface area contributed by atoms with Crippen LogP contribution in [-0.4, -0.2) is 34.5 Å². The van der Waals surface area contributed by atoms with E-state index < -0.39 is 24.5 Å². The SMILES string of the molecule is Clc1cc2c(nc(Cl)n2[C@H]2O[C@H](COCc3ccccc3)[C@@H](OCc3ccccc3)[C@H]2OCc2ccccc2)c(Cl)c1Cl. The quantitative estimate of drug-likeness (QED) is 0.133. The molecule has 4 atom stereocenters. The van der Waals surface area contributed by atoms with Gasteiger partial charge in [-0.25, -0.2) is 4.98 Å². The predicted octanol–water partition coefficient (Wildman–Crippen LogP) is 8.93. The van der Waals surface area contributed by atoms with Gasteiger partial charge in [0.15, 0.2) is 6.23 Å². The van der Waals surface area contributed by atoms with Gasteiger partial charge < -0.3 is 18.9 Å². The smallest absolute Gasteiger partial charge is 0.206 e. The number of imidazole rings is 1. The molecule has 5 aromatic rings. The van der Waals surface area contributed by atoms with Crippen molar-refractivity contribution in [2.75, 3.05) is 6.61 Å². The van der Waals surface area contributed by atoms with Gasteiger partial charge in [0.25, 0.3) is 0 Å². The Hall–Kier alpha value is -2.65. The summed E-state index contributed by atoms with van der Waals surface area (Å²) >= 11 is 26.1. The van der Waals surface area contributed by atoms with Crippen LogP contribution in [0.15, 0.2) is 97.1 Å². The van der Waals surface area contributed by atoms with E-state index in [2.05, 4.69) is 4.98 Å². The van der Waals surface area contributed by atoms with Crippen LogP contribution >= 0.6 is 46.4 Å². The topological polar surface area (TPSA) is 54.7 Å². The molecule has 10 heteroatoms. The monoisotopic (exact) mass is 656 g/mol. The van der Waals surface area contributed by atoms with E-state index in [0.29, 0.717) is 30.9 Å². The number of rotatable bonds is 11. The summed E-state index contributed by atoms with van der Waals surface area (Å²) in [5, 5.41) is 0.847. The van der Waals surface area contributed by atoms with Crippen LogP contribution in [0.4, 0.5) is 0 Å². The Bertz CT molecular complexity index is 1650. The zero-order valence-corrected chi connectivity index (χ0v) is 25.9. The normalized spacial score (nSPS) is 20.2. The van der Waals surface area contributed by atoms with Gasteiger partial charge >= 0.3 is 0 Å². The molecule has 0 aliphatic carbocycles. The van der Waals surface area contributed by atoms with E-state index in [0.717, 1.165) is 16.7 Å². The minimum atomic E-state index is -0.736. The molecule has 0 bridgehead atoms. The Morgan fingerprint density at radius 3 is 1.79 bits per heavy atom. The number of fused-ring (bicyclic) bond motifs is 1. The van der Waals surface area contributed by atoms with E-state index in [1.54, 1.807) is 10.6 Å². The number of ether oxygens (including phenoxy) is 4. The van der Waals surface area contributed by atoms with Crippen molar-refractivity contribution in [1.82, 2.24) is 9.55 Å². The van der Waals surface area contributed by atoms with Crippen molar-refractivity contribution in [2.24, 2.45) is 0 Å². The number of aromatic nitrogens is 2. The second-order valence-electron chi connectivity index (χ2n) is 10.2. The third kappa shape index (κ3) is 6.88. The first kappa shape index (κ1) is 30.4. The van der Waals surface area contributed by atoms with Gasteiger partial charge in [-0.3, -0.25) is 4.57 Å². The standard InChI is InChI=1S/C33H28Cl4N2O4/c34-24-16-25-29(28(36)27(24)35)38-33(37)39(25)32-31(42-19-23-14-8-3-9-15-23)30(41-18-22-12-6-2-7-13-22)26(43-32)20-40-17-21-10-4-1-5-11-21/h1-16,26,30-32H,17-20H2/t26-,30-,31-,32+/m1/s1. The summed E-state index contributed by atoms with van der Waals surface area (Å²) in [4.78, 5) is 4.50. The number of hydrogen-bond donors (Lipinski definition) is 0. The highest BCUT2D eigenvalue weighted by Crippen LogP contribution is 2.43. The van der Waals surface area contributed by atoms with Gasteiger partial charge in [-0.05, 0) is 34.4 Å². The summed E-state index contributed by atoms with van der Waals surface area (Å²) in [5.41, 5.74) is 4.06. The van der Waals surface area contributed by atoms with Gasteiger partial charge in [-0.15, -0.1) is 0 Å². The van der Waals surface area contributed by atoms with Crippen molar-refractivity contribution >= 4 is 57.4 Å². The Kier molecular flexibility index (Phi) is 9.87. The molecule has 6 nitrogen and oxygen atoms in total. The van der Waals surface area contributed by atoms with E-state index in [4.69, 9.17) is 65.4 Å². The second-order valence-corrected chi connectivity index (χ2v) is 11.7. The summed E-state index contributed by atoms with van der Waals surface area (Å²) in [6.45, 7) is 1.36. The molecule has 6 rings (SSSR count). The summed E-state index contributed by atoms with van der Waals surface area (Å²) in [6.07, 6.45) is -2.35. The van der Waals surface area contributed by atoms with Gasteiger partial charge in [-0.2, -0.15) is 0 Å². The van der Waals surface area contributed by atoms with E-state index in [9.17, 15) is 0 Å². The molecule has 2 heterocycles. The van der Waals surface area contributed by atoms with Crippen LogP contribution in [0, 0.1) is 0 Å². The molecular formula is C33H28Cl4N2O4. The lowest BCUT2D eigenvalue weighted by molar-refractivity contribution is -0.0913. The van der Waals surface area contributed by atoms with Crippen molar-refractivity contribution in [2.45, 2.75) is 44.4 Å². The first-order chi connectivity index (χ1) is 21.0. The van der Waals surface area contributed by atoms with Crippen LogP contribution in [0.5, 0.6) is 0 Å². The molecule has 0 spiro atoms. The Morgan fingerprint density at radius 1 is 0.674 bits per heavy atom. The van der Waals surface area contributed by atoms with Crippen LogP contribution < -0.4 is 0 Å². The van der Waals surface area contributed by atoms with E-state index in [-0.39, 0.29) is 27.0 Å². The fraction of sp³-hybridized carbons (Fsp3) is 0.242. The molecule has 0 amide bonds. The molecule has 1 saturated heterocycles. The average Bonchev–Trinajstić information content (AvgIpc) is 3.54. The predicted molar refractivity (Wildman–Crippen MR) is 170 cm³/mol. The third-order valence-corrected chi connectivity index (χ3v) is 8.80. The Labute approximate surface area is 270 Å². The fourth-order valence-electron chi connectivity index (χ4n) is 5.18. The first-order valence-electron chi connectivity index (χ1n) is 13.8. The molecular weight excluding hydrogens is 630 g/mol. The molecule has 0 saturated carbocycles. The van der Waals surface area contributed by atoms with E-state index in [1.165, 1.54) is 0 Å². The van der Waals surface area contributed by atoms with E-state index >= 15 is 0 Å². The average molecular weight is 658 g/mol. The van der Waals surface area contributed by atoms with Gasteiger partial charge in [-0.1, -0.05) is 126 Å². The van der Waals surface area contributed by atoms with Crippen molar-refractivity contribution in [1.29, 1.82) is 0 Å². The zero-order chi connectivity index (χ0) is 29.8. The van der Waals surface area contributed by atoms with Crippen molar-refractivity contribution in [3.63, 3.8) is 0 Å². The Morgan fingerprint density at radius 2 is 1.21 bits per heavy atom. The third-order valence-electron chi connectivity index (χ3n) is 7.28. The van der Waals surface area contributed by atoms with Gasteiger partial charge in [0.2, 0.25) is 5.28 Å².